The van der Waals surface area contributed by atoms with Crippen molar-refractivity contribution >= 4 is 22.6 Å². The van der Waals surface area contributed by atoms with Crippen LogP contribution in [-0.4, -0.2) is 0 Å². The minimum atomic E-state index is -0.522. The van der Waals surface area contributed by atoms with Crippen molar-refractivity contribution in [2.45, 2.75) is 31.6 Å². The Labute approximate surface area is 354 Å². The summed E-state index contributed by atoms with van der Waals surface area (Å²) in [6.45, 7) is 6.85. The van der Waals surface area contributed by atoms with Crippen molar-refractivity contribution in [3.8, 4) is 45.7 Å². The largest absolute Gasteiger partial charge is 0.310 e. The third-order valence-corrected chi connectivity index (χ3v) is 12.9. The molecule has 0 unspecified atom stereocenters. The number of nitrogens with zero attached hydrogens (tertiary/aromatic N) is 1. The normalized spacial score (nSPS) is 14.4. The van der Waals surface area contributed by atoms with E-state index in [-0.39, 0.29) is 5.41 Å². The van der Waals surface area contributed by atoms with Gasteiger partial charge in [-0.05, 0) is 133 Å². The van der Waals surface area contributed by atoms with Crippen LogP contribution in [0.1, 0.15) is 54.2 Å². The molecule has 0 saturated carbocycles. The highest BCUT2D eigenvalue weighted by Crippen LogP contribution is 2.57. The van der Waals surface area contributed by atoms with Crippen LogP contribution in [-0.2, 0) is 10.8 Å². The maximum atomic E-state index is 5.73. The van der Waals surface area contributed by atoms with Gasteiger partial charge in [-0.1, -0.05) is 184 Å². The van der Waals surface area contributed by atoms with Crippen LogP contribution in [0, 0.1) is 12.3 Å². The molecular formula is C59H45N. The zero-order chi connectivity index (χ0) is 40.8. The van der Waals surface area contributed by atoms with Gasteiger partial charge in [0.05, 0.1) is 5.41 Å². The molecule has 10 rings (SSSR count). The first-order chi connectivity index (χ1) is 29.4. The second-order valence-corrected chi connectivity index (χ2v) is 16.4. The van der Waals surface area contributed by atoms with Crippen LogP contribution in [0.3, 0.4) is 0 Å². The van der Waals surface area contributed by atoms with Gasteiger partial charge < -0.3 is 4.90 Å². The number of hydrogen-bond donors (Lipinski definition) is 0. The van der Waals surface area contributed by atoms with Crippen LogP contribution < -0.4 is 4.90 Å². The van der Waals surface area contributed by atoms with E-state index in [4.69, 9.17) is 6.42 Å². The minimum absolute atomic E-state index is 0.236. The van der Waals surface area contributed by atoms with Gasteiger partial charge in [0.25, 0.3) is 0 Å². The van der Waals surface area contributed by atoms with Gasteiger partial charge in [-0.3, -0.25) is 0 Å². The zero-order valence-electron chi connectivity index (χ0n) is 34.2. The lowest BCUT2D eigenvalue weighted by Gasteiger charge is -2.35. The molecule has 2 aliphatic rings. The van der Waals surface area contributed by atoms with Crippen molar-refractivity contribution in [1.82, 2.24) is 0 Å². The minimum Gasteiger partial charge on any atom is -0.310 e. The molecule has 0 amide bonds. The van der Waals surface area contributed by atoms with E-state index in [1.165, 1.54) is 72.3 Å². The molecule has 0 heterocycles. The lowest BCUT2D eigenvalue weighted by molar-refractivity contribution is 0.654. The van der Waals surface area contributed by atoms with Crippen molar-refractivity contribution in [3.63, 3.8) is 0 Å². The summed E-state index contributed by atoms with van der Waals surface area (Å²) in [5.74, 6) is 2.72. The van der Waals surface area contributed by atoms with Gasteiger partial charge in [0.1, 0.15) is 0 Å². The van der Waals surface area contributed by atoms with Crippen LogP contribution in [0.15, 0.2) is 218 Å². The Bertz CT molecular complexity index is 2970. The molecule has 2 aliphatic carbocycles. The predicted molar refractivity (Wildman–Crippen MR) is 253 cm³/mol. The molecule has 1 heteroatoms. The molecule has 0 atom stereocenters. The second-order valence-electron chi connectivity index (χ2n) is 16.4. The van der Waals surface area contributed by atoms with Crippen LogP contribution in [0.25, 0.3) is 39.0 Å². The quantitative estimate of drug-likeness (QED) is 0.139. The van der Waals surface area contributed by atoms with E-state index < -0.39 is 5.41 Å². The Morgan fingerprint density at radius 2 is 0.950 bits per heavy atom. The topological polar surface area (TPSA) is 3.24 Å². The number of terminal acetylenes is 1. The van der Waals surface area contributed by atoms with Gasteiger partial charge >= 0.3 is 0 Å². The third kappa shape index (κ3) is 5.79. The van der Waals surface area contributed by atoms with Gasteiger partial charge in [-0.2, -0.15) is 0 Å². The van der Waals surface area contributed by atoms with Gasteiger partial charge in [-0.15, -0.1) is 6.42 Å². The number of anilines is 3. The molecule has 286 valence electrons. The Morgan fingerprint density at radius 3 is 1.60 bits per heavy atom. The lowest BCUT2D eigenvalue weighted by Crippen LogP contribution is -2.28. The summed E-state index contributed by atoms with van der Waals surface area (Å²) < 4.78 is 0. The number of rotatable bonds is 8. The standard InChI is InChI=1S/C59H45N/c1-5-6-32-54-41(2)49-36-34-47(39-56(49)58(54,3)4)60(46-28-20-23-43(38-46)51-30-17-16-29-50(51)42-21-10-7-11-22-42)48-35-37-53-52-31-18-19-33-55(52)59(57(53)40-48,44-24-12-8-13-25-44)45-26-14-9-15-27-45/h1,6-40H,2-4H3/b32-6-. The fourth-order valence-corrected chi connectivity index (χ4v) is 10.2. The Balaban J connectivity index is 1.22. The maximum Gasteiger partial charge on any atom is 0.0714 e. The summed E-state index contributed by atoms with van der Waals surface area (Å²) in [4.78, 5) is 2.46. The first kappa shape index (κ1) is 36.9. The van der Waals surface area contributed by atoms with Crippen LogP contribution in [0.5, 0.6) is 0 Å². The average molecular weight is 768 g/mol. The molecule has 0 aliphatic heterocycles. The van der Waals surface area contributed by atoms with E-state index in [0.29, 0.717) is 0 Å². The Kier molecular flexibility index (Phi) is 9.08. The van der Waals surface area contributed by atoms with Crippen LogP contribution >= 0.6 is 0 Å². The summed E-state index contributed by atoms with van der Waals surface area (Å²) in [6, 6.07) is 73.7. The van der Waals surface area contributed by atoms with E-state index in [9.17, 15) is 0 Å². The molecular weight excluding hydrogens is 723 g/mol. The Hall–Kier alpha value is -7.40. The fourth-order valence-electron chi connectivity index (χ4n) is 10.2. The highest BCUT2D eigenvalue weighted by Gasteiger charge is 2.46. The molecule has 0 aromatic heterocycles. The van der Waals surface area contributed by atoms with E-state index >= 15 is 0 Å². The number of hydrogen-bond acceptors (Lipinski definition) is 1. The summed E-state index contributed by atoms with van der Waals surface area (Å²) in [7, 11) is 0. The SMILES string of the molecule is C#C/C=C\C1=C(C)c2ccc(N(c3cccc(-c4ccccc4-c4ccccc4)c3)c3ccc4c(c3)C(c3ccccc3)(c3ccccc3)c3ccccc3-4)cc2C1(C)C. The lowest BCUT2D eigenvalue weighted by atomic mass is 9.67. The molecule has 8 aromatic rings. The van der Waals surface area contributed by atoms with Crippen LogP contribution in [0.4, 0.5) is 17.1 Å². The molecule has 0 spiro atoms. The highest BCUT2D eigenvalue weighted by molar-refractivity contribution is 5.92. The number of benzene rings is 8. The van der Waals surface area contributed by atoms with Gasteiger partial charge in [-0.25, -0.2) is 0 Å². The van der Waals surface area contributed by atoms with Crippen molar-refractivity contribution in [2.75, 3.05) is 4.90 Å². The first-order valence-electron chi connectivity index (χ1n) is 20.8. The van der Waals surface area contributed by atoms with E-state index in [2.05, 4.69) is 238 Å². The van der Waals surface area contributed by atoms with Gasteiger partial charge in [0, 0.05) is 22.5 Å². The highest BCUT2D eigenvalue weighted by atomic mass is 15.1. The molecule has 1 nitrogen and oxygen atoms in total. The van der Waals surface area contributed by atoms with Crippen molar-refractivity contribution in [3.05, 3.63) is 251 Å². The molecule has 0 radical (unpaired) electrons. The summed E-state index contributed by atoms with van der Waals surface area (Å²) >= 11 is 0. The predicted octanol–water partition coefficient (Wildman–Crippen LogP) is 15.1. The van der Waals surface area contributed by atoms with Crippen molar-refractivity contribution < 1.29 is 0 Å². The smallest absolute Gasteiger partial charge is 0.0714 e. The van der Waals surface area contributed by atoms with Gasteiger partial charge in [0.15, 0.2) is 0 Å². The molecule has 0 fully saturated rings. The van der Waals surface area contributed by atoms with Crippen molar-refractivity contribution in [1.29, 1.82) is 0 Å². The molecule has 0 bridgehead atoms. The third-order valence-electron chi connectivity index (χ3n) is 12.9. The molecule has 0 saturated heterocycles. The van der Waals surface area contributed by atoms with Gasteiger partial charge in [0.2, 0.25) is 0 Å². The first-order valence-corrected chi connectivity index (χ1v) is 20.8. The number of allylic oxidation sites excluding steroid dienone is 4. The summed E-state index contributed by atoms with van der Waals surface area (Å²) in [5, 5.41) is 0. The second kappa shape index (κ2) is 14.8. The maximum absolute atomic E-state index is 5.73. The van der Waals surface area contributed by atoms with E-state index in [0.717, 1.165) is 22.6 Å². The number of fused-ring (bicyclic) bond motifs is 4. The molecule has 8 aromatic carbocycles. The van der Waals surface area contributed by atoms with E-state index in [1.807, 2.05) is 6.08 Å². The Morgan fingerprint density at radius 1 is 0.450 bits per heavy atom. The monoisotopic (exact) mass is 767 g/mol. The zero-order valence-corrected chi connectivity index (χ0v) is 34.2. The van der Waals surface area contributed by atoms with Crippen molar-refractivity contribution in [2.24, 2.45) is 0 Å². The van der Waals surface area contributed by atoms with E-state index in [1.54, 1.807) is 0 Å². The molecule has 60 heavy (non-hydrogen) atoms. The summed E-state index contributed by atoms with van der Waals surface area (Å²) in [5.41, 5.74) is 20.0. The fraction of sp³-hybridized carbons (Fsp3) is 0.0847. The van der Waals surface area contributed by atoms with Crippen LogP contribution in [0.2, 0.25) is 0 Å². The average Bonchev–Trinajstić information content (AvgIpc) is 3.70. The summed E-state index contributed by atoms with van der Waals surface area (Å²) in [6.07, 6.45) is 9.67. The molecule has 0 N–H and O–H groups in total.